The van der Waals surface area contributed by atoms with Gasteiger partial charge in [-0.15, -0.1) is 11.3 Å². The highest BCUT2D eigenvalue weighted by molar-refractivity contribution is 7.18. The summed E-state index contributed by atoms with van der Waals surface area (Å²) in [6.07, 6.45) is 0. The Hall–Kier alpha value is -3.60. The molecule has 0 aliphatic heterocycles. The zero-order valence-corrected chi connectivity index (χ0v) is 19.1. The lowest BCUT2D eigenvalue weighted by Gasteiger charge is -2.14. The van der Waals surface area contributed by atoms with Crippen LogP contribution < -0.4 is 20.1 Å². The molecule has 172 valence electrons. The van der Waals surface area contributed by atoms with Gasteiger partial charge in [-0.1, -0.05) is 0 Å². The van der Waals surface area contributed by atoms with E-state index in [2.05, 4.69) is 10.6 Å². The lowest BCUT2D eigenvalue weighted by molar-refractivity contribution is -0.119. The van der Waals surface area contributed by atoms with E-state index < -0.39 is 30.4 Å². The fourth-order valence-corrected chi connectivity index (χ4v) is 3.65. The molecule has 0 aliphatic carbocycles. The molecule has 0 bridgehead atoms. The first-order valence-electron chi connectivity index (χ1n) is 9.48. The summed E-state index contributed by atoms with van der Waals surface area (Å²) in [7, 11) is 2.81. The van der Waals surface area contributed by atoms with Crippen LogP contribution in [-0.2, 0) is 19.1 Å². The van der Waals surface area contributed by atoms with E-state index in [-0.39, 0.29) is 23.6 Å². The van der Waals surface area contributed by atoms with E-state index >= 15 is 0 Å². The Morgan fingerprint density at radius 3 is 2.19 bits per heavy atom. The molecule has 0 saturated carbocycles. The van der Waals surface area contributed by atoms with Crippen molar-refractivity contribution < 1.29 is 38.1 Å². The van der Waals surface area contributed by atoms with E-state index in [4.69, 9.17) is 18.9 Å². The van der Waals surface area contributed by atoms with Crippen LogP contribution in [0.5, 0.6) is 11.5 Å². The van der Waals surface area contributed by atoms with Gasteiger partial charge in [-0.25, -0.2) is 9.59 Å². The molecule has 2 rings (SSSR count). The van der Waals surface area contributed by atoms with E-state index in [9.17, 15) is 19.2 Å². The molecule has 2 N–H and O–H groups in total. The third-order valence-corrected chi connectivity index (χ3v) is 5.16. The Morgan fingerprint density at radius 1 is 0.938 bits per heavy atom. The van der Waals surface area contributed by atoms with Crippen LogP contribution in [-0.4, -0.2) is 51.2 Å². The first-order chi connectivity index (χ1) is 15.2. The van der Waals surface area contributed by atoms with Crippen LogP contribution in [0, 0.1) is 6.92 Å². The van der Waals surface area contributed by atoms with Gasteiger partial charge in [0, 0.05) is 19.1 Å². The molecule has 2 amide bonds. The molecule has 0 unspecified atom stereocenters. The minimum Gasteiger partial charge on any atom is -0.493 e. The molecule has 0 saturated heterocycles. The standard InChI is InChI=1S/C21H24N2O8S/c1-6-30-21(27)19-11(2)7-18(32-19)23-17(25)10-31-20(26)13-8-15(28-4)16(29-5)9-14(13)22-12(3)24/h7-9H,6,10H2,1-5H3,(H,22,24)(H,23,25). The molecule has 0 radical (unpaired) electrons. The fourth-order valence-electron chi connectivity index (χ4n) is 2.67. The smallest absolute Gasteiger partial charge is 0.348 e. The van der Waals surface area contributed by atoms with Crippen molar-refractivity contribution in [3.63, 3.8) is 0 Å². The fraction of sp³-hybridized carbons (Fsp3) is 0.333. The number of carbonyl (C=O) groups is 4. The number of rotatable bonds is 9. The number of anilines is 2. The largest absolute Gasteiger partial charge is 0.493 e. The first kappa shape index (κ1) is 24.7. The predicted octanol–water partition coefficient (Wildman–Crippen LogP) is 3.00. The quantitative estimate of drug-likeness (QED) is 0.542. The predicted molar refractivity (Wildman–Crippen MR) is 118 cm³/mol. The van der Waals surface area contributed by atoms with Crippen LogP contribution in [0.25, 0.3) is 0 Å². The van der Waals surface area contributed by atoms with Crippen LogP contribution in [0.2, 0.25) is 0 Å². The maximum Gasteiger partial charge on any atom is 0.348 e. The Bertz CT molecular complexity index is 1030. The average molecular weight is 464 g/mol. The Balaban J connectivity index is 2.10. The number of carbonyl (C=O) groups excluding carboxylic acids is 4. The third-order valence-electron chi connectivity index (χ3n) is 4.03. The van der Waals surface area contributed by atoms with Gasteiger partial charge in [-0.3, -0.25) is 9.59 Å². The normalized spacial score (nSPS) is 10.2. The number of esters is 2. The summed E-state index contributed by atoms with van der Waals surface area (Å²) < 4.78 is 20.4. The zero-order chi connectivity index (χ0) is 23.8. The highest BCUT2D eigenvalue weighted by atomic mass is 32.1. The van der Waals surface area contributed by atoms with E-state index in [0.29, 0.717) is 21.2 Å². The van der Waals surface area contributed by atoms with Gasteiger partial charge in [0.2, 0.25) is 5.91 Å². The van der Waals surface area contributed by atoms with Crippen molar-refractivity contribution in [2.75, 3.05) is 38.1 Å². The van der Waals surface area contributed by atoms with E-state index in [1.807, 2.05) is 0 Å². The number of amides is 2. The summed E-state index contributed by atoms with van der Waals surface area (Å²) in [5.41, 5.74) is 0.793. The highest BCUT2D eigenvalue weighted by Crippen LogP contribution is 2.34. The molecule has 0 fully saturated rings. The average Bonchev–Trinajstić information content (AvgIpc) is 3.11. The number of ether oxygens (including phenoxy) is 4. The van der Waals surface area contributed by atoms with Gasteiger partial charge in [0.15, 0.2) is 18.1 Å². The number of methoxy groups -OCH3 is 2. The molecule has 1 aromatic heterocycles. The first-order valence-corrected chi connectivity index (χ1v) is 10.3. The summed E-state index contributed by atoms with van der Waals surface area (Å²) in [5.74, 6) is -1.78. The van der Waals surface area contributed by atoms with Crippen LogP contribution >= 0.6 is 11.3 Å². The molecule has 10 nitrogen and oxygen atoms in total. The zero-order valence-electron chi connectivity index (χ0n) is 18.3. The maximum atomic E-state index is 12.6. The second kappa shape index (κ2) is 11.1. The van der Waals surface area contributed by atoms with Gasteiger partial charge in [0.05, 0.1) is 37.1 Å². The van der Waals surface area contributed by atoms with Crippen molar-refractivity contribution in [2.24, 2.45) is 0 Å². The van der Waals surface area contributed by atoms with E-state index in [0.717, 1.165) is 11.3 Å². The second-order valence-corrected chi connectivity index (χ2v) is 7.45. The van der Waals surface area contributed by atoms with Crippen molar-refractivity contribution in [1.82, 2.24) is 0 Å². The second-order valence-electron chi connectivity index (χ2n) is 6.40. The van der Waals surface area contributed by atoms with Gasteiger partial charge in [-0.2, -0.15) is 0 Å². The van der Waals surface area contributed by atoms with Crippen LogP contribution in [0.1, 0.15) is 39.4 Å². The summed E-state index contributed by atoms with van der Waals surface area (Å²) in [6.45, 7) is 4.36. The van der Waals surface area contributed by atoms with Gasteiger partial charge in [0.1, 0.15) is 4.88 Å². The van der Waals surface area contributed by atoms with E-state index in [1.54, 1.807) is 19.9 Å². The Morgan fingerprint density at radius 2 is 1.59 bits per heavy atom. The molecule has 2 aromatic rings. The Kier molecular flexibility index (Phi) is 8.59. The topological polar surface area (TPSA) is 129 Å². The minimum atomic E-state index is -0.848. The lowest BCUT2D eigenvalue weighted by Crippen LogP contribution is -2.21. The van der Waals surface area contributed by atoms with Gasteiger partial charge < -0.3 is 29.6 Å². The molecule has 1 aromatic carbocycles. The summed E-state index contributed by atoms with van der Waals surface area (Å²) in [6, 6.07) is 4.39. The summed E-state index contributed by atoms with van der Waals surface area (Å²) in [4.78, 5) is 48.6. The number of hydrogen-bond acceptors (Lipinski definition) is 9. The molecule has 0 aliphatic rings. The third kappa shape index (κ3) is 6.20. The molecule has 1 heterocycles. The van der Waals surface area contributed by atoms with Crippen molar-refractivity contribution in [2.45, 2.75) is 20.8 Å². The molecular formula is C21H24N2O8S. The molecule has 0 spiro atoms. The van der Waals surface area contributed by atoms with Crippen LogP contribution in [0.3, 0.4) is 0 Å². The number of nitrogens with one attached hydrogen (secondary N) is 2. The monoisotopic (exact) mass is 464 g/mol. The lowest BCUT2D eigenvalue weighted by atomic mass is 10.1. The van der Waals surface area contributed by atoms with Gasteiger partial charge in [0.25, 0.3) is 5.91 Å². The van der Waals surface area contributed by atoms with Crippen LogP contribution in [0.4, 0.5) is 10.7 Å². The molecular weight excluding hydrogens is 440 g/mol. The number of aryl methyl sites for hydroxylation is 1. The number of thiophene rings is 1. The van der Waals surface area contributed by atoms with Gasteiger partial charge in [-0.05, 0) is 25.5 Å². The van der Waals surface area contributed by atoms with Crippen LogP contribution in [0.15, 0.2) is 18.2 Å². The number of benzene rings is 1. The molecule has 32 heavy (non-hydrogen) atoms. The molecule has 11 heteroatoms. The summed E-state index contributed by atoms with van der Waals surface area (Å²) >= 11 is 1.06. The molecule has 0 atom stereocenters. The van der Waals surface area contributed by atoms with Gasteiger partial charge >= 0.3 is 11.9 Å². The number of hydrogen-bond donors (Lipinski definition) is 2. The van der Waals surface area contributed by atoms with Crippen molar-refractivity contribution in [3.05, 3.63) is 34.2 Å². The summed E-state index contributed by atoms with van der Waals surface area (Å²) in [5, 5.41) is 5.51. The highest BCUT2D eigenvalue weighted by Gasteiger charge is 2.21. The van der Waals surface area contributed by atoms with Crippen molar-refractivity contribution in [3.8, 4) is 11.5 Å². The van der Waals surface area contributed by atoms with Crippen molar-refractivity contribution >= 4 is 45.8 Å². The SMILES string of the molecule is CCOC(=O)c1sc(NC(=O)COC(=O)c2cc(OC)c(OC)cc2NC(C)=O)cc1C. The van der Waals surface area contributed by atoms with Crippen molar-refractivity contribution in [1.29, 1.82) is 0 Å². The van der Waals surface area contributed by atoms with E-state index in [1.165, 1.54) is 33.3 Å². The Labute approximate surface area is 188 Å². The maximum absolute atomic E-state index is 12.6. The minimum absolute atomic E-state index is 0.0118.